The van der Waals surface area contributed by atoms with Gasteiger partial charge in [0.1, 0.15) is 11.5 Å². The van der Waals surface area contributed by atoms with Crippen molar-refractivity contribution < 1.29 is 4.74 Å². The van der Waals surface area contributed by atoms with Gasteiger partial charge in [-0.15, -0.1) is 0 Å². The average molecular weight is 198 g/mol. The van der Waals surface area contributed by atoms with Crippen LogP contribution in [0.3, 0.4) is 0 Å². The second-order valence-corrected chi connectivity index (χ2v) is 3.72. The molecular weight excluding hydrogens is 184 g/mol. The Morgan fingerprint density at radius 1 is 1.13 bits per heavy atom. The van der Waals surface area contributed by atoms with Gasteiger partial charge >= 0.3 is 0 Å². The fourth-order valence-corrected chi connectivity index (χ4v) is 1.39. The summed E-state index contributed by atoms with van der Waals surface area (Å²) in [5.74, 6) is 1.77. The van der Waals surface area contributed by atoms with E-state index in [-0.39, 0.29) is 0 Å². The standard InChI is InChI=1S/C14H14O/c1-11-3-7-13(8-4-11)15-14-9-5-12(2)6-10-14/h3,5-10H,1,4H2,2H3. The van der Waals surface area contributed by atoms with Crippen LogP contribution in [0.1, 0.15) is 12.0 Å². The third kappa shape index (κ3) is 2.59. The van der Waals surface area contributed by atoms with Crippen LogP contribution < -0.4 is 4.74 Å². The molecule has 0 saturated carbocycles. The molecule has 0 bridgehead atoms. The second-order valence-electron chi connectivity index (χ2n) is 3.72. The van der Waals surface area contributed by atoms with E-state index in [2.05, 4.69) is 13.5 Å². The Morgan fingerprint density at radius 3 is 2.47 bits per heavy atom. The normalized spacial score (nSPS) is 15.0. The van der Waals surface area contributed by atoms with E-state index in [0.717, 1.165) is 23.5 Å². The summed E-state index contributed by atoms with van der Waals surface area (Å²) in [6, 6.07) is 8.05. The minimum Gasteiger partial charge on any atom is -0.458 e. The molecule has 0 saturated heterocycles. The van der Waals surface area contributed by atoms with Crippen LogP contribution in [0, 0.1) is 6.92 Å². The molecule has 0 heterocycles. The molecule has 2 rings (SSSR count). The lowest BCUT2D eigenvalue weighted by molar-refractivity contribution is 0.441. The molecule has 15 heavy (non-hydrogen) atoms. The number of hydrogen-bond acceptors (Lipinski definition) is 1. The van der Waals surface area contributed by atoms with Gasteiger partial charge in [0.2, 0.25) is 0 Å². The highest BCUT2D eigenvalue weighted by Gasteiger charge is 2.01. The minimum atomic E-state index is 0.873. The van der Waals surface area contributed by atoms with Gasteiger partial charge < -0.3 is 4.74 Å². The maximum atomic E-state index is 5.69. The molecule has 0 aliphatic heterocycles. The van der Waals surface area contributed by atoms with Gasteiger partial charge in [-0.1, -0.05) is 35.9 Å². The quantitative estimate of drug-likeness (QED) is 0.702. The lowest BCUT2D eigenvalue weighted by Gasteiger charge is -2.10. The van der Waals surface area contributed by atoms with E-state index >= 15 is 0 Å². The van der Waals surface area contributed by atoms with Crippen LogP contribution in [0.4, 0.5) is 0 Å². The molecular formula is C14H14O. The summed E-state index contributed by atoms with van der Waals surface area (Å²) in [6.45, 7) is 5.94. The molecule has 0 N–H and O–H groups in total. The van der Waals surface area contributed by atoms with Crippen LogP contribution in [-0.4, -0.2) is 0 Å². The molecule has 0 unspecified atom stereocenters. The number of hydrogen-bond donors (Lipinski definition) is 0. The van der Waals surface area contributed by atoms with Crippen molar-refractivity contribution in [3.8, 4) is 5.75 Å². The van der Waals surface area contributed by atoms with Gasteiger partial charge in [0.05, 0.1) is 0 Å². The van der Waals surface area contributed by atoms with Crippen molar-refractivity contribution in [2.45, 2.75) is 13.3 Å². The smallest absolute Gasteiger partial charge is 0.127 e. The Balaban J connectivity index is 2.07. The molecule has 0 atom stereocenters. The van der Waals surface area contributed by atoms with Crippen molar-refractivity contribution in [3.63, 3.8) is 0 Å². The van der Waals surface area contributed by atoms with Crippen molar-refractivity contribution in [2.75, 3.05) is 0 Å². The summed E-state index contributed by atoms with van der Waals surface area (Å²) in [6.07, 6.45) is 6.86. The second kappa shape index (κ2) is 4.18. The summed E-state index contributed by atoms with van der Waals surface area (Å²) in [7, 11) is 0. The molecule has 0 aromatic heterocycles. The molecule has 0 spiro atoms. The highest BCUT2D eigenvalue weighted by molar-refractivity contribution is 5.35. The average Bonchev–Trinajstić information content (AvgIpc) is 2.25. The summed E-state index contributed by atoms with van der Waals surface area (Å²) in [5.41, 5.74) is 2.36. The van der Waals surface area contributed by atoms with E-state index < -0.39 is 0 Å². The Kier molecular flexibility index (Phi) is 2.72. The SMILES string of the molecule is C=C1C=CC(Oc2ccc(C)cc2)=CC1. The lowest BCUT2D eigenvalue weighted by atomic mass is 10.1. The van der Waals surface area contributed by atoms with Crippen molar-refractivity contribution >= 4 is 0 Å². The van der Waals surface area contributed by atoms with Crippen LogP contribution in [0.15, 0.2) is 60.4 Å². The summed E-state index contributed by atoms with van der Waals surface area (Å²) < 4.78 is 5.69. The molecule has 1 aliphatic carbocycles. The van der Waals surface area contributed by atoms with Gasteiger partial charge in [-0.3, -0.25) is 0 Å². The highest BCUT2D eigenvalue weighted by atomic mass is 16.5. The Bertz CT molecular complexity index is 421. The number of rotatable bonds is 2. The van der Waals surface area contributed by atoms with Crippen LogP contribution in [0.2, 0.25) is 0 Å². The van der Waals surface area contributed by atoms with Gasteiger partial charge in [0.25, 0.3) is 0 Å². The molecule has 1 aromatic rings. The third-order valence-corrected chi connectivity index (χ3v) is 2.31. The molecule has 1 heteroatoms. The molecule has 0 radical (unpaired) electrons. The summed E-state index contributed by atoms with van der Waals surface area (Å²) >= 11 is 0. The third-order valence-electron chi connectivity index (χ3n) is 2.31. The van der Waals surface area contributed by atoms with Crippen LogP contribution in [-0.2, 0) is 0 Å². The molecule has 76 valence electrons. The zero-order valence-corrected chi connectivity index (χ0v) is 8.86. The largest absolute Gasteiger partial charge is 0.458 e. The molecule has 1 aromatic carbocycles. The van der Waals surface area contributed by atoms with E-state index in [0.29, 0.717) is 0 Å². The van der Waals surface area contributed by atoms with E-state index in [1.54, 1.807) is 0 Å². The first kappa shape index (κ1) is 9.78. The first-order valence-electron chi connectivity index (χ1n) is 5.04. The molecule has 0 fully saturated rings. The van der Waals surface area contributed by atoms with Gasteiger partial charge in [0, 0.05) is 0 Å². The Morgan fingerprint density at radius 2 is 1.87 bits per heavy atom. The van der Waals surface area contributed by atoms with Crippen molar-refractivity contribution in [1.29, 1.82) is 0 Å². The summed E-state index contributed by atoms with van der Waals surface area (Å²) in [5, 5.41) is 0. The number of allylic oxidation sites excluding steroid dienone is 4. The minimum absolute atomic E-state index is 0.873. The fourth-order valence-electron chi connectivity index (χ4n) is 1.39. The lowest BCUT2D eigenvalue weighted by Crippen LogP contribution is -1.96. The van der Waals surface area contributed by atoms with Crippen LogP contribution >= 0.6 is 0 Å². The zero-order chi connectivity index (χ0) is 10.7. The van der Waals surface area contributed by atoms with Crippen molar-refractivity contribution in [2.24, 2.45) is 0 Å². The Hall–Kier alpha value is -1.76. The first-order chi connectivity index (χ1) is 7.24. The van der Waals surface area contributed by atoms with Gasteiger partial charge in [-0.2, -0.15) is 0 Å². The number of benzene rings is 1. The first-order valence-corrected chi connectivity index (χ1v) is 5.04. The van der Waals surface area contributed by atoms with Crippen LogP contribution in [0.25, 0.3) is 0 Å². The molecule has 1 nitrogen and oxygen atoms in total. The van der Waals surface area contributed by atoms with Crippen molar-refractivity contribution in [3.05, 3.63) is 66.0 Å². The molecule has 1 aliphatic rings. The van der Waals surface area contributed by atoms with E-state index in [4.69, 9.17) is 4.74 Å². The van der Waals surface area contributed by atoms with Gasteiger partial charge in [0.15, 0.2) is 0 Å². The topological polar surface area (TPSA) is 9.23 Å². The van der Waals surface area contributed by atoms with E-state index in [1.807, 2.05) is 42.5 Å². The predicted octanol–water partition coefficient (Wildman–Crippen LogP) is 3.77. The summed E-state index contributed by atoms with van der Waals surface area (Å²) in [4.78, 5) is 0. The predicted molar refractivity (Wildman–Crippen MR) is 62.8 cm³/mol. The number of ether oxygens (including phenoxy) is 1. The van der Waals surface area contributed by atoms with Gasteiger partial charge in [-0.05, 0) is 37.6 Å². The maximum absolute atomic E-state index is 5.69. The Labute approximate surface area is 90.4 Å². The number of aryl methyl sites for hydroxylation is 1. The maximum Gasteiger partial charge on any atom is 0.127 e. The van der Waals surface area contributed by atoms with E-state index in [9.17, 15) is 0 Å². The fraction of sp³-hybridized carbons (Fsp3) is 0.143. The van der Waals surface area contributed by atoms with Crippen molar-refractivity contribution in [1.82, 2.24) is 0 Å². The highest BCUT2D eigenvalue weighted by Crippen LogP contribution is 2.19. The van der Waals surface area contributed by atoms with Crippen LogP contribution in [0.5, 0.6) is 5.75 Å². The monoisotopic (exact) mass is 198 g/mol. The van der Waals surface area contributed by atoms with Gasteiger partial charge in [-0.25, -0.2) is 0 Å². The van der Waals surface area contributed by atoms with E-state index in [1.165, 1.54) is 5.56 Å². The molecule has 0 amide bonds. The zero-order valence-electron chi connectivity index (χ0n) is 8.86.